The third kappa shape index (κ3) is 2.96. The Labute approximate surface area is 110 Å². The molecule has 4 nitrogen and oxygen atoms in total. The molecule has 98 valence electrons. The molecule has 18 heavy (non-hydrogen) atoms. The summed E-state index contributed by atoms with van der Waals surface area (Å²) in [5, 5.41) is 2.78. The van der Waals surface area contributed by atoms with Crippen molar-refractivity contribution in [3.63, 3.8) is 0 Å². The molecule has 1 aliphatic carbocycles. The van der Waals surface area contributed by atoms with Gasteiger partial charge in [-0.2, -0.15) is 0 Å². The topological polar surface area (TPSA) is 54.9 Å². The summed E-state index contributed by atoms with van der Waals surface area (Å²) in [5.41, 5.74) is -1.28. The van der Waals surface area contributed by atoms with E-state index < -0.39 is 11.6 Å². The normalized spacial score (nSPS) is 18.3. The maximum absolute atomic E-state index is 14.3. The van der Waals surface area contributed by atoms with E-state index in [-0.39, 0.29) is 11.7 Å². The van der Waals surface area contributed by atoms with Crippen molar-refractivity contribution in [3.8, 4) is 0 Å². The van der Waals surface area contributed by atoms with Gasteiger partial charge in [-0.05, 0) is 25.7 Å². The summed E-state index contributed by atoms with van der Waals surface area (Å²) >= 11 is 5.81. The van der Waals surface area contributed by atoms with E-state index in [4.69, 9.17) is 11.6 Å². The second kappa shape index (κ2) is 5.61. The largest absolute Gasteiger partial charge is 0.348 e. The van der Waals surface area contributed by atoms with Crippen molar-refractivity contribution in [2.75, 3.05) is 0 Å². The van der Waals surface area contributed by atoms with Crippen LogP contribution in [0.5, 0.6) is 0 Å². The van der Waals surface area contributed by atoms with Crippen LogP contribution < -0.4 is 5.32 Å². The van der Waals surface area contributed by atoms with Crippen LogP contribution in [0, 0.1) is 0 Å². The fraction of sp³-hybridized carbons (Fsp3) is 0.583. The van der Waals surface area contributed by atoms with Crippen molar-refractivity contribution in [2.45, 2.75) is 44.3 Å². The van der Waals surface area contributed by atoms with Gasteiger partial charge in [0.05, 0.1) is 12.2 Å². The highest BCUT2D eigenvalue weighted by atomic mass is 35.5. The molecule has 0 spiro atoms. The Morgan fingerprint density at radius 2 is 2.00 bits per heavy atom. The number of alkyl halides is 1. The fourth-order valence-corrected chi connectivity index (χ4v) is 2.30. The van der Waals surface area contributed by atoms with Gasteiger partial charge in [-0.1, -0.05) is 18.0 Å². The lowest BCUT2D eigenvalue weighted by Gasteiger charge is -2.27. The van der Waals surface area contributed by atoms with Crippen LogP contribution in [0.4, 0.5) is 4.39 Å². The third-order valence-electron chi connectivity index (χ3n) is 3.19. The van der Waals surface area contributed by atoms with Crippen molar-refractivity contribution < 1.29 is 9.18 Å². The standard InChI is InChI=1S/C12H15ClFN3O/c13-10-9(15-6-7-16-10)8-17-11(18)12(14)4-2-1-3-5-12/h6-7H,1-5,8H2,(H,17,18). The first-order valence-corrected chi connectivity index (χ1v) is 6.42. The highest BCUT2D eigenvalue weighted by Gasteiger charge is 2.39. The number of hydrogen-bond acceptors (Lipinski definition) is 3. The molecule has 1 amide bonds. The molecule has 0 aliphatic heterocycles. The summed E-state index contributed by atoms with van der Waals surface area (Å²) in [4.78, 5) is 19.7. The van der Waals surface area contributed by atoms with Crippen molar-refractivity contribution in [1.29, 1.82) is 0 Å². The molecule has 2 rings (SSSR count). The molecule has 1 aromatic rings. The first-order chi connectivity index (χ1) is 8.62. The van der Waals surface area contributed by atoms with Gasteiger partial charge in [0.1, 0.15) is 0 Å². The van der Waals surface area contributed by atoms with E-state index in [1.54, 1.807) is 0 Å². The SMILES string of the molecule is O=C(NCc1nccnc1Cl)C1(F)CCCCC1. The number of nitrogens with one attached hydrogen (secondary N) is 1. The van der Waals surface area contributed by atoms with Gasteiger partial charge in [0.25, 0.3) is 5.91 Å². The highest BCUT2D eigenvalue weighted by molar-refractivity contribution is 6.29. The highest BCUT2D eigenvalue weighted by Crippen LogP contribution is 2.31. The zero-order chi connectivity index (χ0) is 13.0. The van der Waals surface area contributed by atoms with Crippen LogP contribution in [-0.4, -0.2) is 21.5 Å². The number of halogens is 2. The van der Waals surface area contributed by atoms with E-state index in [0.29, 0.717) is 18.5 Å². The molecule has 1 N–H and O–H groups in total. The molecule has 0 aromatic carbocycles. The smallest absolute Gasteiger partial charge is 0.257 e. The predicted octanol–water partition coefficient (Wildman–Crippen LogP) is 2.42. The lowest BCUT2D eigenvalue weighted by Crippen LogP contribution is -2.44. The number of carbonyl (C=O) groups excluding carboxylic acids is 1. The lowest BCUT2D eigenvalue weighted by atomic mass is 9.86. The van der Waals surface area contributed by atoms with E-state index in [9.17, 15) is 9.18 Å². The molecule has 1 saturated carbocycles. The van der Waals surface area contributed by atoms with Gasteiger partial charge >= 0.3 is 0 Å². The Morgan fingerprint density at radius 3 is 2.67 bits per heavy atom. The summed E-state index contributed by atoms with van der Waals surface area (Å²) in [6.07, 6.45) is 6.06. The van der Waals surface area contributed by atoms with Gasteiger partial charge in [-0.25, -0.2) is 9.37 Å². The molecular formula is C12H15ClFN3O. The number of amides is 1. The van der Waals surface area contributed by atoms with E-state index in [1.807, 2.05) is 0 Å². The van der Waals surface area contributed by atoms with Gasteiger partial charge in [0, 0.05) is 12.4 Å². The monoisotopic (exact) mass is 271 g/mol. The number of rotatable bonds is 3. The van der Waals surface area contributed by atoms with Crippen LogP contribution >= 0.6 is 11.6 Å². The van der Waals surface area contributed by atoms with E-state index in [2.05, 4.69) is 15.3 Å². The van der Waals surface area contributed by atoms with Crippen molar-refractivity contribution in [2.24, 2.45) is 0 Å². The minimum atomic E-state index is -1.73. The first kappa shape index (κ1) is 13.2. The Balaban J connectivity index is 1.94. The fourth-order valence-electron chi connectivity index (χ4n) is 2.13. The zero-order valence-corrected chi connectivity index (χ0v) is 10.7. The van der Waals surface area contributed by atoms with E-state index in [0.717, 1.165) is 19.3 Å². The van der Waals surface area contributed by atoms with E-state index >= 15 is 0 Å². The molecule has 1 aromatic heterocycles. The van der Waals surface area contributed by atoms with Crippen LogP contribution in [-0.2, 0) is 11.3 Å². The molecule has 1 fully saturated rings. The van der Waals surface area contributed by atoms with E-state index in [1.165, 1.54) is 12.4 Å². The summed E-state index contributed by atoms with van der Waals surface area (Å²) < 4.78 is 14.3. The number of nitrogens with zero attached hydrogens (tertiary/aromatic N) is 2. The second-order valence-corrected chi connectivity index (χ2v) is 4.86. The van der Waals surface area contributed by atoms with Crippen LogP contribution in [0.25, 0.3) is 0 Å². The molecule has 6 heteroatoms. The van der Waals surface area contributed by atoms with Gasteiger partial charge in [-0.15, -0.1) is 0 Å². The van der Waals surface area contributed by atoms with Crippen LogP contribution in [0.1, 0.15) is 37.8 Å². The quantitative estimate of drug-likeness (QED) is 0.919. The van der Waals surface area contributed by atoms with Gasteiger partial charge in [-0.3, -0.25) is 9.78 Å². The van der Waals surface area contributed by atoms with Crippen molar-refractivity contribution in [1.82, 2.24) is 15.3 Å². The average molecular weight is 272 g/mol. The maximum atomic E-state index is 14.3. The molecular weight excluding hydrogens is 257 g/mol. The minimum Gasteiger partial charge on any atom is -0.348 e. The molecule has 0 bridgehead atoms. The van der Waals surface area contributed by atoms with Gasteiger partial charge in [0.2, 0.25) is 0 Å². The number of aromatic nitrogens is 2. The van der Waals surface area contributed by atoms with Crippen LogP contribution in [0.15, 0.2) is 12.4 Å². The van der Waals surface area contributed by atoms with Gasteiger partial charge in [0.15, 0.2) is 10.8 Å². The number of hydrogen-bond donors (Lipinski definition) is 1. The van der Waals surface area contributed by atoms with Crippen molar-refractivity contribution in [3.05, 3.63) is 23.2 Å². The minimum absolute atomic E-state index is 0.108. The third-order valence-corrected chi connectivity index (χ3v) is 3.51. The van der Waals surface area contributed by atoms with Crippen LogP contribution in [0.3, 0.4) is 0 Å². The average Bonchev–Trinajstić information content (AvgIpc) is 2.38. The van der Waals surface area contributed by atoms with Crippen molar-refractivity contribution >= 4 is 17.5 Å². The Morgan fingerprint density at radius 1 is 1.33 bits per heavy atom. The van der Waals surface area contributed by atoms with Crippen LogP contribution in [0.2, 0.25) is 5.15 Å². The second-order valence-electron chi connectivity index (χ2n) is 4.50. The molecule has 0 atom stereocenters. The Bertz CT molecular complexity index is 435. The molecule has 0 saturated heterocycles. The molecule has 1 aliphatic rings. The summed E-state index contributed by atoms with van der Waals surface area (Å²) in [7, 11) is 0. The zero-order valence-electron chi connectivity index (χ0n) is 9.96. The molecule has 0 unspecified atom stereocenters. The first-order valence-electron chi connectivity index (χ1n) is 6.04. The van der Waals surface area contributed by atoms with Gasteiger partial charge < -0.3 is 5.32 Å². The number of carbonyl (C=O) groups is 1. The maximum Gasteiger partial charge on any atom is 0.257 e. The summed E-state index contributed by atoms with van der Waals surface area (Å²) in [6.45, 7) is 0.108. The Kier molecular flexibility index (Phi) is 4.11. The lowest BCUT2D eigenvalue weighted by molar-refractivity contribution is -0.135. The Hall–Kier alpha value is -1.23. The predicted molar refractivity (Wildman–Crippen MR) is 65.8 cm³/mol. The summed E-state index contributed by atoms with van der Waals surface area (Å²) in [5.74, 6) is -0.566. The summed E-state index contributed by atoms with van der Waals surface area (Å²) in [6, 6.07) is 0. The molecule has 1 heterocycles. The molecule has 0 radical (unpaired) electrons.